The number of carbonyl (C=O) groups is 1. The normalized spacial score (nSPS) is 10.5. The third-order valence-electron chi connectivity index (χ3n) is 3.28. The molecule has 0 radical (unpaired) electrons. The van der Waals surface area contributed by atoms with Crippen molar-refractivity contribution in [2.75, 3.05) is 11.9 Å². The number of rotatable bonds is 6. The maximum absolute atomic E-state index is 12.0. The van der Waals surface area contributed by atoms with E-state index in [9.17, 15) is 14.9 Å². The Kier molecular flexibility index (Phi) is 5.41. The van der Waals surface area contributed by atoms with Gasteiger partial charge in [-0.25, -0.2) is 0 Å². The second kappa shape index (κ2) is 7.49. The van der Waals surface area contributed by atoms with Crippen LogP contribution in [0.15, 0.2) is 36.8 Å². The molecule has 0 bridgehead atoms. The van der Waals surface area contributed by atoms with E-state index in [2.05, 4.69) is 15.3 Å². The van der Waals surface area contributed by atoms with E-state index in [0.29, 0.717) is 17.9 Å². The Balaban J connectivity index is 2.29. The Hall–Kier alpha value is -3.03. The van der Waals surface area contributed by atoms with Crippen LogP contribution in [0, 0.1) is 10.1 Å². The van der Waals surface area contributed by atoms with Gasteiger partial charge in [-0.2, -0.15) is 0 Å². The van der Waals surface area contributed by atoms with Crippen molar-refractivity contribution in [3.63, 3.8) is 0 Å². The molecule has 0 fully saturated rings. The average Bonchev–Trinajstić information content (AvgIpc) is 2.54. The zero-order valence-corrected chi connectivity index (χ0v) is 13.8. The summed E-state index contributed by atoms with van der Waals surface area (Å²) in [7, 11) is 1.73. The lowest BCUT2D eigenvalue weighted by atomic mass is 10.1. The van der Waals surface area contributed by atoms with E-state index in [1.807, 2.05) is 13.8 Å². The summed E-state index contributed by atoms with van der Waals surface area (Å²) in [6.07, 6.45) is 4.73. The van der Waals surface area contributed by atoms with Crippen LogP contribution in [0.25, 0.3) is 0 Å². The molecule has 1 aromatic carbocycles. The summed E-state index contributed by atoms with van der Waals surface area (Å²) in [4.78, 5) is 32.8. The van der Waals surface area contributed by atoms with E-state index < -0.39 is 4.92 Å². The van der Waals surface area contributed by atoms with Gasteiger partial charge < -0.3 is 10.2 Å². The molecule has 1 amide bonds. The number of nitrogens with zero attached hydrogens (tertiary/aromatic N) is 4. The number of nitro groups is 1. The lowest BCUT2D eigenvalue weighted by Crippen LogP contribution is -2.30. The van der Waals surface area contributed by atoms with Crippen LogP contribution in [0.1, 0.15) is 29.9 Å². The Morgan fingerprint density at radius 1 is 1.38 bits per heavy atom. The van der Waals surface area contributed by atoms with Gasteiger partial charge in [0.15, 0.2) is 0 Å². The number of hydrogen-bond acceptors (Lipinski definition) is 6. The van der Waals surface area contributed by atoms with Crippen LogP contribution in [-0.2, 0) is 6.54 Å². The number of aromatic nitrogens is 2. The van der Waals surface area contributed by atoms with E-state index in [0.717, 1.165) is 0 Å². The van der Waals surface area contributed by atoms with Crippen LogP contribution < -0.4 is 10.2 Å². The summed E-state index contributed by atoms with van der Waals surface area (Å²) in [5.74, 6) is -0.337. The van der Waals surface area contributed by atoms with Crippen molar-refractivity contribution in [1.82, 2.24) is 15.3 Å². The SMILES string of the molecule is CC(C)NC(=O)c1ccc(N(C)Cc2cnccn2)c([N+](=O)[O-])c1. The minimum atomic E-state index is -0.491. The number of anilines is 1. The van der Waals surface area contributed by atoms with Crippen molar-refractivity contribution in [3.8, 4) is 0 Å². The first-order valence-corrected chi connectivity index (χ1v) is 7.44. The van der Waals surface area contributed by atoms with E-state index >= 15 is 0 Å². The number of amides is 1. The zero-order chi connectivity index (χ0) is 17.7. The van der Waals surface area contributed by atoms with Crippen molar-refractivity contribution in [3.05, 3.63) is 58.2 Å². The fraction of sp³-hybridized carbons (Fsp3) is 0.312. The molecule has 0 aliphatic heterocycles. The molecule has 0 aliphatic carbocycles. The summed E-state index contributed by atoms with van der Waals surface area (Å²) < 4.78 is 0. The summed E-state index contributed by atoms with van der Waals surface area (Å²) in [5.41, 5.74) is 1.23. The fourth-order valence-corrected chi connectivity index (χ4v) is 2.22. The van der Waals surface area contributed by atoms with Crippen molar-refractivity contribution < 1.29 is 9.72 Å². The Labute approximate surface area is 139 Å². The zero-order valence-electron chi connectivity index (χ0n) is 13.8. The summed E-state index contributed by atoms with van der Waals surface area (Å²) in [5, 5.41) is 14.1. The highest BCUT2D eigenvalue weighted by Crippen LogP contribution is 2.29. The van der Waals surface area contributed by atoms with Gasteiger partial charge in [0.2, 0.25) is 0 Å². The van der Waals surface area contributed by atoms with Crippen molar-refractivity contribution in [1.29, 1.82) is 0 Å². The van der Waals surface area contributed by atoms with Crippen molar-refractivity contribution >= 4 is 17.3 Å². The summed E-state index contributed by atoms with van der Waals surface area (Å²) in [6, 6.07) is 4.40. The molecular formula is C16H19N5O3. The van der Waals surface area contributed by atoms with Gasteiger partial charge in [0, 0.05) is 37.1 Å². The third-order valence-corrected chi connectivity index (χ3v) is 3.28. The highest BCUT2D eigenvalue weighted by Gasteiger charge is 2.20. The Morgan fingerprint density at radius 3 is 2.71 bits per heavy atom. The smallest absolute Gasteiger partial charge is 0.293 e. The highest BCUT2D eigenvalue weighted by molar-refractivity contribution is 5.95. The van der Waals surface area contributed by atoms with Crippen LogP contribution in [0.5, 0.6) is 0 Å². The second-order valence-electron chi connectivity index (χ2n) is 5.64. The van der Waals surface area contributed by atoms with E-state index in [1.54, 1.807) is 42.7 Å². The molecule has 8 nitrogen and oxygen atoms in total. The van der Waals surface area contributed by atoms with Crippen LogP contribution >= 0.6 is 0 Å². The molecule has 24 heavy (non-hydrogen) atoms. The van der Waals surface area contributed by atoms with Crippen molar-refractivity contribution in [2.45, 2.75) is 26.4 Å². The first-order chi connectivity index (χ1) is 11.4. The number of hydrogen-bond donors (Lipinski definition) is 1. The molecule has 126 valence electrons. The van der Waals surface area contributed by atoms with Gasteiger partial charge in [0.05, 0.1) is 23.4 Å². The number of carbonyl (C=O) groups excluding carboxylic acids is 1. The van der Waals surface area contributed by atoms with Gasteiger partial charge in [-0.05, 0) is 26.0 Å². The molecular weight excluding hydrogens is 310 g/mol. The van der Waals surface area contributed by atoms with E-state index in [4.69, 9.17) is 0 Å². The monoisotopic (exact) mass is 329 g/mol. The number of nitrogens with one attached hydrogen (secondary N) is 1. The first-order valence-electron chi connectivity index (χ1n) is 7.44. The molecule has 0 aliphatic rings. The van der Waals surface area contributed by atoms with Crippen LogP contribution in [0.3, 0.4) is 0 Å². The summed E-state index contributed by atoms with van der Waals surface area (Å²) in [6.45, 7) is 4.02. The minimum Gasteiger partial charge on any atom is -0.363 e. The average molecular weight is 329 g/mol. The predicted molar refractivity (Wildman–Crippen MR) is 89.8 cm³/mol. The lowest BCUT2D eigenvalue weighted by Gasteiger charge is -2.19. The maximum Gasteiger partial charge on any atom is 0.293 e. The molecule has 1 aromatic heterocycles. The summed E-state index contributed by atoms with van der Waals surface area (Å²) >= 11 is 0. The molecule has 2 aromatic rings. The lowest BCUT2D eigenvalue weighted by molar-refractivity contribution is -0.384. The largest absolute Gasteiger partial charge is 0.363 e. The van der Waals surface area contributed by atoms with Crippen LogP contribution in [0.4, 0.5) is 11.4 Å². The molecule has 2 rings (SSSR count). The molecule has 1 N–H and O–H groups in total. The third kappa shape index (κ3) is 4.25. The highest BCUT2D eigenvalue weighted by atomic mass is 16.6. The van der Waals surface area contributed by atoms with Crippen molar-refractivity contribution in [2.24, 2.45) is 0 Å². The molecule has 0 spiro atoms. The molecule has 0 unspecified atom stereocenters. The topological polar surface area (TPSA) is 101 Å². The quantitative estimate of drug-likeness (QED) is 0.644. The van der Waals surface area contributed by atoms with E-state index in [-0.39, 0.29) is 23.2 Å². The molecule has 1 heterocycles. The van der Waals surface area contributed by atoms with Gasteiger partial charge in [-0.3, -0.25) is 24.9 Å². The molecule has 0 atom stereocenters. The molecule has 0 saturated carbocycles. The molecule has 0 saturated heterocycles. The van der Waals surface area contributed by atoms with Gasteiger partial charge >= 0.3 is 0 Å². The fourth-order valence-electron chi connectivity index (χ4n) is 2.22. The maximum atomic E-state index is 12.0. The van der Waals surface area contributed by atoms with Crippen LogP contribution in [0.2, 0.25) is 0 Å². The van der Waals surface area contributed by atoms with Gasteiger partial charge in [-0.1, -0.05) is 0 Å². The molecule has 8 heteroatoms. The van der Waals surface area contributed by atoms with Gasteiger partial charge in [-0.15, -0.1) is 0 Å². The minimum absolute atomic E-state index is 0.0458. The number of nitro benzene ring substituents is 1. The second-order valence-corrected chi connectivity index (χ2v) is 5.64. The Morgan fingerprint density at radius 2 is 2.12 bits per heavy atom. The first kappa shape index (κ1) is 17.3. The Bertz CT molecular complexity index is 734. The number of benzene rings is 1. The predicted octanol–water partition coefficient (Wildman–Crippen LogP) is 2.16. The van der Waals surface area contributed by atoms with E-state index in [1.165, 1.54) is 6.07 Å². The van der Waals surface area contributed by atoms with Gasteiger partial charge in [0.1, 0.15) is 5.69 Å². The standard InChI is InChI=1S/C16H19N5O3/c1-11(2)19-16(22)12-4-5-14(15(8-12)21(23)24)20(3)10-13-9-17-6-7-18-13/h4-9,11H,10H2,1-3H3,(H,19,22). The van der Waals surface area contributed by atoms with Gasteiger partial charge in [0.25, 0.3) is 11.6 Å². The van der Waals surface area contributed by atoms with Crippen LogP contribution in [-0.4, -0.2) is 33.9 Å².